The molecule has 2 N–H and O–H groups in total. The van der Waals surface area contributed by atoms with Crippen LogP contribution in [0.1, 0.15) is 10.5 Å². The second-order valence-electron chi connectivity index (χ2n) is 4.25. The van der Waals surface area contributed by atoms with E-state index in [1.165, 1.54) is 16.9 Å². The van der Waals surface area contributed by atoms with Crippen molar-refractivity contribution < 1.29 is 23.1 Å². The summed E-state index contributed by atoms with van der Waals surface area (Å²) in [7, 11) is 0. The molecule has 0 aliphatic rings. The number of aliphatic hydroxyl groups is 1. The van der Waals surface area contributed by atoms with Gasteiger partial charge < -0.3 is 10.4 Å². The molecule has 0 saturated carbocycles. The summed E-state index contributed by atoms with van der Waals surface area (Å²) in [5, 5.41) is 14.7. The highest BCUT2D eigenvalue weighted by molar-refractivity contribution is 5.92. The van der Waals surface area contributed by atoms with Crippen LogP contribution in [-0.2, 0) is 0 Å². The van der Waals surface area contributed by atoms with Crippen LogP contribution in [0.4, 0.5) is 13.2 Å². The van der Waals surface area contributed by atoms with E-state index in [0.29, 0.717) is 5.69 Å². The molecule has 1 amide bonds. The summed E-state index contributed by atoms with van der Waals surface area (Å²) < 4.78 is 37.7. The van der Waals surface area contributed by atoms with Crippen LogP contribution in [0.3, 0.4) is 0 Å². The van der Waals surface area contributed by atoms with Crippen LogP contribution in [0.2, 0.25) is 0 Å². The van der Waals surface area contributed by atoms with Crippen molar-refractivity contribution >= 4 is 5.91 Å². The molecule has 1 unspecified atom stereocenters. The molecule has 0 spiro atoms. The Balaban J connectivity index is 2.00. The van der Waals surface area contributed by atoms with Crippen LogP contribution in [0.5, 0.6) is 0 Å². The molecule has 0 aliphatic heterocycles. The highest BCUT2D eigenvalue weighted by atomic mass is 19.4. The van der Waals surface area contributed by atoms with E-state index in [9.17, 15) is 18.0 Å². The largest absolute Gasteiger partial charge is 0.416 e. The van der Waals surface area contributed by atoms with Crippen molar-refractivity contribution in [1.82, 2.24) is 15.1 Å². The van der Waals surface area contributed by atoms with Crippen molar-refractivity contribution in [2.45, 2.75) is 12.3 Å². The summed E-state index contributed by atoms with van der Waals surface area (Å²) in [6.45, 7) is -0.916. The number of amides is 1. The van der Waals surface area contributed by atoms with Crippen molar-refractivity contribution in [3.05, 3.63) is 48.3 Å². The summed E-state index contributed by atoms with van der Waals surface area (Å²) in [5.41, 5.74) is 0.681. The Morgan fingerprint density at radius 1 is 1.29 bits per heavy atom. The van der Waals surface area contributed by atoms with Gasteiger partial charge in [0.1, 0.15) is 0 Å². The van der Waals surface area contributed by atoms with E-state index >= 15 is 0 Å². The molecule has 0 bridgehead atoms. The predicted octanol–water partition coefficient (Wildman–Crippen LogP) is 1.53. The molecule has 1 aromatic heterocycles. The molecule has 0 saturated heterocycles. The third-order valence-corrected chi connectivity index (χ3v) is 2.68. The maximum Gasteiger partial charge on any atom is 0.416 e. The highest BCUT2D eigenvalue weighted by Gasteiger charge is 2.38. The fraction of sp³-hybridized carbons (Fsp3) is 0.231. The minimum Gasteiger partial charge on any atom is -0.382 e. The number of halogens is 3. The zero-order chi connectivity index (χ0) is 15.5. The number of carbonyl (C=O) groups is 1. The van der Waals surface area contributed by atoms with Crippen LogP contribution in [0, 0.1) is 0 Å². The second kappa shape index (κ2) is 5.96. The lowest BCUT2D eigenvalue weighted by Crippen LogP contribution is -2.40. The van der Waals surface area contributed by atoms with E-state index in [1.807, 2.05) is 11.4 Å². The van der Waals surface area contributed by atoms with Gasteiger partial charge in [-0.3, -0.25) is 4.79 Å². The first-order valence-electron chi connectivity index (χ1n) is 6.02. The van der Waals surface area contributed by atoms with Gasteiger partial charge in [-0.2, -0.15) is 18.3 Å². The number of nitrogens with one attached hydrogen (secondary N) is 1. The Labute approximate surface area is 118 Å². The van der Waals surface area contributed by atoms with Gasteiger partial charge in [0.05, 0.1) is 12.2 Å². The van der Waals surface area contributed by atoms with Gasteiger partial charge in [0.2, 0.25) is 0 Å². The number of nitrogens with zero attached hydrogens (tertiary/aromatic N) is 2. The lowest BCUT2D eigenvalue weighted by Gasteiger charge is -2.14. The van der Waals surface area contributed by atoms with Crippen LogP contribution in [0.25, 0.3) is 5.69 Å². The van der Waals surface area contributed by atoms with E-state index in [-0.39, 0.29) is 5.69 Å². The van der Waals surface area contributed by atoms with Gasteiger partial charge in [0.15, 0.2) is 11.8 Å². The molecule has 1 atom stereocenters. The Morgan fingerprint density at radius 3 is 2.57 bits per heavy atom. The minimum absolute atomic E-state index is 0.0340. The van der Waals surface area contributed by atoms with Gasteiger partial charge in [-0.1, -0.05) is 18.2 Å². The van der Waals surface area contributed by atoms with E-state index in [0.717, 1.165) is 0 Å². The molecule has 0 radical (unpaired) electrons. The van der Waals surface area contributed by atoms with Crippen LogP contribution >= 0.6 is 0 Å². The van der Waals surface area contributed by atoms with Crippen LogP contribution < -0.4 is 5.32 Å². The lowest BCUT2D eigenvalue weighted by molar-refractivity contribution is -0.201. The summed E-state index contributed by atoms with van der Waals surface area (Å²) in [6, 6.07) is 10.3. The third kappa shape index (κ3) is 3.82. The standard InChI is InChI=1S/C13H12F3N3O2/c14-13(15,16)11(20)8-17-12(21)10-6-7-19(18-10)9-4-2-1-3-5-9/h1-7,11,20H,8H2,(H,17,21). The quantitative estimate of drug-likeness (QED) is 0.899. The Morgan fingerprint density at radius 2 is 1.95 bits per heavy atom. The number of hydrogen-bond acceptors (Lipinski definition) is 3. The number of aromatic nitrogens is 2. The predicted molar refractivity (Wildman–Crippen MR) is 68.0 cm³/mol. The van der Waals surface area contributed by atoms with Crippen LogP contribution in [0.15, 0.2) is 42.6 Å². The van der Waals surface area contributed by atoms with Gasteiger partial charge in [-0.15, -0.1) is 0 Å². The fourth-order valence-electron chi connectivity index (χ4n) is 1.57. The summed E-state index contributed by atoms with van der Waals surface area (Å²) in [4.78, 5) is 11.7. The molecule has 5 nitrogen and oxygen atoms in total. The molecule has 0 aliphatic carbocycles. The number of rotatable bonds is 4. The molecule has 2 aromatic rings. The average molecular weight is 299 g/mol. The summed E-state index contributed by atoms with van der Waals surface area (Å²) in [5.74, 6) is -0.784. The first-order chi connectivity index (χ1) is 9.88. The number of para-hydroxylation sites is 1. The fourth-order valence-corrected chi connectivity index (χ4v) is 1.57. The number of benzene rings is 1. The molecule has 21 heavy (non-hydrogen) atoms. The van der Waals surface area contributed by atoms with Gasteiger partial charge in [-0.05, 0) is 18.2 Å². The smallest absolute Gasteiger partial charge is 0.382 e. The lowest BCUT2D eigenvalue weighted by atomic mass is 10.3. The van der Waals surface area contributed by atoms with E-state index in [2.05, 4.69) is 5.10 Å². The molecular weight excluding hydrogens is 287 g/mol. The van der Waals surface area contributed by atoms with Crippen molar-refractivity contribution in [2.24, 2.45) is 0 Å². The molecule has 8 heteroatoms. The molecule has 2 rings (SSSR count). The van der Waals surface area contributed by atoms with Gasteiger partial charge in [-0.25, -0.2) is 4.68 Å². The van der Waals surface area contributed by atoms with Crippen molar-refractivity contribution in [3.8, 4) is 5.69 Å². The zero-order valence-corrected chi connectivity index (χ0v) is 10.7. The van der Waals surface area contributed by atoms with Gasteiger partial charge >= 0.3 is 6.18 Å². The highest BCUT2D eigenvalue weighted by Crippen LogP contribution is 2.19. The second-order valence-corrected chi connectivity index (χ2v) is 4.25. The molecule has 0 fully saturated rings. The van der Waals surface area contributed by atoms with E-state index in [1.54, 1.807) is 24.3 Å². The number of hydrogen-bond donors (Lipinski definition) is 2. The first kappa shape index (κ1) is 15.0. The summed E-state index contributed by atoms with van der Waals surface area (Å²) >= 11 is 0. The monoisotopic (exact) mass is 299 g/mol. The normalized spacial score (nSPS) is 13.0. The zero-order valence-electron chi connectivity index (χ0n) is 10.7. The minimum atomic E-state index is -4.77. The first-order valence-corrected chi connectivity index (χ1v) is 6.02. The molecule has 112 valence electrons. The third-order valence-electron chi connectivity index (χ3n) is 2.68. The summed E-state index contributed by atoms with van der Waals surface area (Å²) in [6.07, 6.45) is -5.85. The maximum atomic E-state index is 12.1. The number of alkyl halides is 3. The van der Waals surface area contributed by atoms with Crippen molar-refractivity contribution in [3.63, 3.8) is 0 Å². The van der Waals surface area contributed by atoms with Gasteiger partial charge in [0, 0.05) is 6.20 Å². The Kier molecular flexibility index (Phi) is 4.27. The van der Waals surface area contributed by atoms with E-state index in [4.69, 9.17) is 5.11 Å². The molecule has 1 aromatic carbocycles. The topological polar surface area (TPSA) is 67.2 Å². The SMILES string of the molecule is O=C(NCC(O)C(F)(F)F)c1ccn(-c2ccccc2)n1. The molecule has 1 heterocycles. The maximum absolute atomic E-state index is 12.1. The van der Waals surface area contributed by atoms with E-state index < -0.39 is 24.7 Å². The number of carbonyl (C=O) groups excluding carboxylic acids is 1. The van der Waals surface area contributed by atoms with Crippen molar-refractivity contribution in [2.75, 3.05) is 6.54 Å². The number of aliphatic hydroxyl groups excluding tert-OH is 1. The Bertz CT molecular complexity index is 611. The molecular formula is C13H12F3N3O2. The van der Waals surface area contributed by atoms with Gasteiger partial charge in [0.25, 0.3) is 5.91 Å². The van der Waals surface area contributed by atoms with Crippen LogP contribution in [-0.4, -0.2) is 39.6 Å². The van der Waals surface area contributed by atoms with Crippen molar-refractivity contribution in [1.29, 1.82) is 0 Å². The average Bonchev–Trinajstić information content (AvgIpc) is 2.94. The Hall–Kier alpha value is -2.35.